The van der Waals surface area contributed by atoms with Gasteiger partial charge in [0.2, 0.25) is 0 Å². The number of hydrogen-bond acceptors (Lipinski definition) is 2. The molecule has 0 aromatic carbocycles. The topological polar surface area (TPSA) is 42.0 Å². The summed E-state index contributed by atoms with van der Waals surface area (Å²) < 4.78 is 0.730. The van der Waals surface area contributed by atoms with Crippen molar-refractivity contribution in [3.05, 3.63) is 28.5 Å². The van der Waals surface area contributed by atoms with Gasteiger partial charge in [-0.3, -0.25) is 4.79 Å². The van der Waals surface area contributed by atoms with Crippen LogP contribution in [-0.4, -0.2) is 16.4 Å². The summed E-state index contributed by atoms with van der Waals surface area (Å²) in [5.74, 6) is -0.0816. The van der Waals surface area contributed by atoms with Crippen molar-refractivity contribution in [1.82, 2.24) is 10.3 Å². The molecule has 0 radical (unpaired) electrons. The van der Waals surface area contributed by atoms with Crippen LogP contribution in [-0.2, 0) is 0 Å². The molecule has 0 spiro atoms. The van der Waals surface area contributed by atoms with Crippen molar-refractivity contribution >= 4 is 21.8 Å². The molecular formula is C11H15BrN2O. The fourth-order valence-corrected chi connectivity index (χ4v) is 1.21. The number of aromatic nitrogens is 1. The van der Waals surface area contributed by atoms with Gasteiger partial charge in [-0.15, -0.1) is 0 Å². The van der Waals surface area contributed by atoms with E-state index < -0.39 is 0 Å². The number of amides is 1. The lowest BCUT2D eigenvalue weighted by atomic mass is 10.0. The van der Waals surface area contributed by atoms with E-state index in [2.05, 4.69) is 26.2 Å². The van der Waals surface area contributed by atoms with Crippen LogP contribution in [0.2, 0.25) is 0 Å². The molecule has 82 valence electrons. The average Bonchev–Trinajstić information content (AvgIpc) is 2.18. The lowest BCUT2D eigenvalue weighted by Crippen LogP contribution is -2.42. The predicted octanol–water partition coefficient (Wildman–Crippen LogP) is 2.76. The molecular weight excluding hydrogens is 256 g/mol. The number of nitrogens with one attached hydrogen (secondary N) is 1. The van der Waals surface area contributed by atoms with Gasteiger partial charge in [-0.2, -0.15) is 0 Å². The average molecular weight is 271 g/mol. The molecule has 1 aromatic heterocycles. The number of halogens is 1. The van der Waals surface area contributed by atoms with Gasteiger partial charge in [0.1, 0.15) is 4.60 Å². The Kier molecular flexibility index (Phi) is 3.85. The van der Waals surface area contributed by atoms with Gasteiger partial charge < -0.3 is 5.32 Å². The van der Waals surface area contributed by atoms with Crippen LogP contribution in [0.5, 0.6) is 0 Å². The normalized spacial score (nSPS) is 11.2. The Labute approximate surface area is 98.4 Å². The molecule has 0 aliphatic heterocycles. The maximum Gasteiger partial charge on any atom is 0.253 e. The van der Waals surface area contributed by atoms with Gasteiger partial charge in [-0.25, -0.2) is 4.98 Å². The highest BCUT2D eigenvalue weighted by Gasteiger charge is 2.18. The van der Waals surface area contributed by atoms with Crippen LogP contribution in [0.4, 0.5) is 0 Å². The van der Waals surface area contributed by atoms with E-state index in [0.29, 0.717) is 5.56 Å². The Bertz CT molecular complexity index is 346. The van der Waals surface area contributed by atoms with E-state index in [9.17, 15) is 4.79 Å². The second-order valence-corrected chi connectivity index (χ2v) is 4.87. The van der Waals surface area contributed by atoms with Gasteiger partial charge in [0, 0.05) is 11.7 Å². The minimum atomic E-state index is -0.176. The Morgan fingerprint density at radius 1 is 1.53 bits per heavy atom. The summed E-state index contributed by atoms with van der Waals surface area (Å²) in [5.41, 5.74) is 0.407. The van der Waals surface area contributed by atoms with Crippen LogP contribution < -0.4 is 5.32 Å². The van der Waals surface area contributed by atoms with Crippen LogP contribution in [0.25, 0.3) is 0 Å². The van der Waals surface area contributed by atoms with Crippen molar-refractivity contribution in [2.75, 3.05) is 0 Å². The molecule has 0 fully saturated rings. The highest BCUT2D eigenvalue weighted by Crippen LogP contribution is 2.10. The molecule has 1 heterocycles. The van der Waals surface area contributed by atoms with E-state index in [4.69, 9.17) is 0 Å². The van der Waals surface area contributed by atoms with Gasteiger partial charge in [0.05, 0.1) is 5.56 Å². The minimum absolute atomic E-state index is 0.0816. The fraction of sp³-hybridized carbons (Fsp3) is 0.455. The molecule has 1 rings (SSSR count). The molecule has 0 aliphatic rings. The number of pyridine rings is 1. The van der Waals surface area contributed by atoms with Gasteiger partial charge in [-0.05, 0) is 48.3 Å². The molecule has 1 N–H and O–H groups in total. The zero-order valence-electron chi connectivity index (χ0n) is 9.17. The molecule has 0 bridgehead atoms. The number of hydrogen-bond donors (Lipinski definition) is 1. The van der Waals surface area contributed by atoms with Crippen LogP contribution >= 0.6 is 15.9 Å². The molecule has 0 saturated heterocycles. The first-order chi connectivity index (χ1) is 6.94. The van der Waals surface area contributed by atoms with Crippen molar-refractivity contribution in [3.8, 4) is 0 Å². The number of rotatable bonds is 3. The number of carbonyl (C=O) groups excluding carboxylic acids is 1. The standard InChI is InChI=1S/C11H15BrN2O/c1-4-11(2,3)14-10(15)8-5-6-9(12)13-7-8/h5-7H,4H2,1-3H3,(H,14,15). The van der Waals surface area contributed by atoms with E-state index in [-0.39, 0.29) is 11.4 Å². The number of nitrogens with zero attached hydrogens (tertiary/aromatic N) is 1. The van der Waals surface area contributed by atoms with Crippen molar-refractivity contribution < 1.29 is 4.79 Å². The molecule has 0 atom stereocenters. The van der Waals surface area contributed by atoms with E-state index in [1.54, 1.807) is 18.3 Å². The fourth-order valence-electron chi connectivity index (χ4n) is 0.978. The van der Waals surface area contributed by atoms with Crippen molar-refractivity contribution in [2.24, 2.45) is 0 Å². The lowest BCUT2D eigenvalue weighted by molar-refractivity contribution is 0.0911. The summed E-state index contributed by atoms with van der Waals surface area (Å²) in [4.78, 5) is 15.8. The van der Waals surface area contributed by atoms with Crippen LogP contribution in [0.3, 0.4) is 0 Å². The molecule has 0 unspecified atom stereocenters. The Hall–Kier alpha value is -0.900. The largest absolute Gasteiger partial charge is 0.347 e. The second kappa shape index (κ2) is 4.75. The molecule has 15 heavy (non-hydrogen) atoms. The first-order valence-electron chi connectivity index (χ1n) is 4.88. The maximum atomic E-state index is 11.8. The molecule has 4 heteroatoms. The Morgan fingerprint density at radius 2 is 2.20 bits per heavy atom. The third-order valence-corrected chi connectivity index (χ3v) is 2.79. The van der Waals surface area contributed by atoms with Crippen LogP contribution in [0.15, 0.2) is 22.9 Å². The summed E-state index contributed by atoms with van der Waals surface area (Å²) in [6.45, 7) is 6.04. The minimum Gasteiger partial charge on any atom is -0.347 e. The highest BCUT2D eigenvalue weighted by atomic mass is 79.9. The zero-order chi connectivity index (χ0) is 11.5. The molecule has 1 amide bonds. The monoisotopic (exact) mass is 270 g/mol. The second-order valence-electron chi connectivity index (χ2n) is 4.06. The quantitative estimate of drug-likeness (QED) is 0.859. The smallest absolute Gasteiger partial charge is 0.253 e. The van der Waals surface area contributed by atoms with Gasteiger partial charge in [0.25, 0.3) is 5.91 Å². The van der Waals surface area contributed by atoms with E-state index in [1.165, 1.54) is 0 Å². The van der Waals surface area contributed by atoms with Gasteiger partial charge >= 0.3 is 0 Å². The SMILES string of the molecule is CCC(C)(C)NC(=O)c1ccc(Br)nc1. The predicted molar refractivity (Wildman–Crippen MR) is 63.8 cm³/mol. The molecule has 3 nitrogen and oxygen atoms in total. The summed E-state index contributed by atoms with van der Waals surface area (Å²) in [5, 5.41) is 2.95. The van der Waals surface area contributed by atoms with Crippen molar-refractivity contribution in [2.45, 2.75) is 32.7 Å². The maximum absolute atomic E-state index is 11.8. The van der Waals surface area contributed by atoms with Gasteiger partial charge in [-0.1, -0.05) is 6.92 Å². The summed E-state index contributed by atoms with van der Waals surface area (Å²) >= 11 is 3.23. The Balaban J connectivity index is 2.74. The lowest BCUT2D eigenvalue weighted by Gasteiger charge is -2.24. The first-order valence-corrected chi connectivity index (χ1v) is 5.68. The summed E-state index contributed by atoms with van der Waals surface area (Å²) in [6, 6.07) is 3.51. The molecule has 1 aromatic rings. The Morgan fingerprint density at radius 3 is 2.67 bits per heavy atom. The third kappa shape index (κ3) is 3.63. The molecule has 0 saturated carbocycles. The summed E-state index contributed by atoms with van der Waals surface area (Å²) in [7, 11) is 0. The first kappa shape index (κ1) is 12.2. The molecule has 0 aliphatic carbocycles. The summed E-state index contributed by atoms with van der Waals surface area (Å²) in [6.07, 6.45) is 2.45. The zero-order valence-corrected chi connectivity index (χ0v) is 10.8. The number of carbonyl (C=O) groups is 1. The highest BCUT2D eigenvalue weighted by molar-refractivity contribution is 9.10. The van der Waals surface area contributed by atoms with E-state index >= 15 is 0 Å². The van der Waals surface area contributed by atoms with E-state index in [1.807, 2.05) is 20.8 Å². The third-order valence-electron chi connectivity index (χ3n) is 2.33. The van der Waals surface area contributed by atoms with Crippen molar-refractivity contribution in [3.63, 3.8) is 0 Å². The van der Waals surface area contributed by atoms with Crippen molar-refractivity contribution in [1.29, 1.82) is 0 Å². The van der Waals surface area contributed by atoms with Crippen LogP contribution in [0, 0.1) is 0 Å². The van der Waals surface area contributed by atoms with Crippen LogP contribution in [0.1, 0.15) is 37.6 Å². The van der Waals surface area contributed by atoms with Gasteiger partial charge in [0.15, 0.2) is 0 Å². The van der Waals surface area contributed by atoms with E-state index in [0.717, 1.165) is 11.0 Å².